The third-order valence-electron chi connectivity index (χ3n) is 3.53. The first-order chi connectivity index (χ1) is 11.2. The molecule has 0 saturated carbocycles. The molecule has 0 aliphatic carbocycles. The molecular formula is C18H16O5. The highest BCUT2D eigenvalue weighted by molar-refractivity contribution is 6.18. The summed E-state index contributed by atoms with van der Waals surface area (Å²) in [5.41, 5.74) is 1.50. The number of benzene rings is 2. The maximum absolute atomic E-state index is 12.4. The summed E-state index contributed by atoms with van der Waals surface area (Å²) in [4.78, 5) is 12.4. The molecule has 0 unspecified atom stereocenters. The molecule has 1 N–H and O–H groups in total. The standard InChI is InChI=1S/C18H16O5/c1-21-13-7-8-14-16(9-13)22-11-15(19)17(14)18(20)23-10-12-5-3-2-4-6-12/h2-9,19H,10-11H2,1H3. The van der Waals surface area contributed by atoms with E-state index >= 15 is 0 Å². The largest absolute Gasteiger partial charge is 0.508 e. The van der Waals surface area contributed by atoms with Crippen molar-refractivity contribution in [1.82, 2.24) is 0 Å². The molecule has 0 bridgehead atoms. The highest BCUT2D eigenvalue weighted by atomic mass is 16.5. The van der Waals surface area contributed by atoms with E-state index in [-0.39, 0.29) is 24.5 Å². The fourth-order valence-corrected chi connectivity index (χ4v) is 2.35. The van der Waals surface area contributed by atoms with Gasteiger partial charge in [0.05, 0.1) is 7.11 Å². The number of methoxy groups -OCH3 is 1. The third kappa shape index (κ3) is 3.13. The summed E-state index contributed by atoms with van der Waals surface area (Å²) in [5.74, 6) is 0.373. The van der Waals surface area contributed by atoms with Gasteiger partial charge in [0.1, 0.15) is 36.0 Å². The van der Waals surface area contributed by atoms with Crippen molar-refractivity contribution in [3.63, 3.8) is 0 Å². The Labute approximate surface area is 133 Å². The predicted molar refractivity (Wildman–Crippen MR) is 84.3 cm³/mol. The van der Waals surface area contributed by atoms with E-state index in [0.717, 1.165) is 5.56 Å². The lowest BCUT2D eigenvalue weighted by molar-refractivity contribution is -0.138. The lowest BCUT2D eigenvalue weighted by Gasteiger charge is -2.20. The number of aliphatic hydroxyl groups is 1. The van der Waals surface area contributed by atoms with Crippen molar-refractivity contribution in [3.05, 3.63) is 65.4 Å². The van der Waals surface area contributed by atoms with E-state index < -0.39 is 5.97 Å². The van der Waals surface area contributed by atoms with E-state index in [4.69, 9.17) is 14.2 Å². The molecule has 0 amide bonds. The molecule has 3 rings (SSSR count). The summed E-state index contributed by atoms with van der Waals surface area (Å²) in [5, 5.41) is 10.0. The van der Waals surface area contributed by atoms with Crippen molar-refractivity contribution in [2.45, 2.75) is 6.61 Å². The van der Waals surface area contributed by atoms with Crippen LogP contribution in [-0.2, 0) is 16.1 Å². The summed E-state index contributed by atoms with van der Waals surface area (Å²) in [6, 6.07) is 14.4. The van der Waals surface area contributed by atoms with Crippen LogP contribution in [0.2, 0.25) is 0 Å². The van der Waals surface area contributed by atoms with E-state index in [2.05, 4.69) is 0 Å². The smallest absolute Gasteiger partial charge is 0.342 e. The normalized spacial score (nSPS) is 13.1. The van der Waals surface area contributed by atoms with Crippen LogP contribution in [0.25, 0.3) is 5.57 Å². The summed E-state index contributed by atoms with van der Waals surface area (Å²) < 4.78 is 15.9. The molecule has 0 atom stereocenters. The van der Waals surface area contributed by atoms with Gasteiger partial charge in [0.25, 0.3) is 0 Å². The van der Waals surface area contributed by atoms with Crippen LogP contribution in [0, 0.1) is 0 Å². The number of esters is 1. The molecule has 2 aromatic rings. The Balaban J connectivity index is 1.82. The first kappa shape index (κ1) is 15.0. The van der Waals surface area contributed by atoms with Gasteiger partial charge in [-0.3, -0.25) is 0 Å². The number of hydrogen-bond acceptors (Lipinski definition) is 5. The molecular weight excluding hydrogens is 296 g/mol. The van der Waals surface area contributed by atoms with Crippen LogP contribution < -0.4 is 9.47 Å². The number of aliphatic hydroxyl groups excluding tert-OH is 1. The van der Waals surface area contributed by atoms with E-state index in [1.165, 1.54) is 0 Å². The molecule has 5 heteroatoms. The third-order valence-corrected chi connectivity index (χ3v) is 3.53. The van der Waals surface area contributed by atoms with Crippen molar-refractivity contribution in [1.29, 1.82) is 0 Å². The van der Waals surface area contributed by atoms with Crippen LogP contribution in [0.15, 0.2) is 54.3 Å². The molecule has 0 radical (unpaired) electrons. The van der Waals surface area contributed by atoms with Gasteiger partial charge in [-0.1, -0.05) is 30.3 Å². The number of carbonyl (C=O) groups excluding carboxylic acids is 1. The quantitative estimate of drug-likeness (QED) is 0.879. The predicted octanol–water partition coefficient (Wildman–Crippen LogP) is 3.10. The fraction of sp³-hybridized carbons (Fsp3) is 0.167. The first-order valence-corrected chi connectivity index (χ1v) is 7.13. The van der Waals surface area contributed by atoms with Crippen molar-refractivity contribution in [2.75, 3.05) is 13.7 Å². The van der Waals surface area contributed by atoms with Gasteiger partial charge in [-0.15, -0.1) is 0 Å². The summed E-state index contributed by atoms with van der Waals surface area (Å²) in [6.07, 6.45) is 0. The van der Waals surface area contributed by atoms with E-state index in [1.807, 2.05) is 30.3 Å². The molecule has 1 aliphatic heterocycles. The minimum Gasteiger partial charge on any atom is -0.508 e. The number of rotatable bonds is 4. The number of fused-ring (bicyclic) bond motifs is 1. The molecule has 1 heterocycles. The zero-order valence-electron chi connectivity index (χ0n) is 12.6. The monoisotopic (exact) mass is 312 g/mol. The average molecular weight is 312 g/mol. The van der Waals surface area contributed by atoms with Crippen LogP contribution in [0.4, 0.5) is 0 Å². The first-order valence-electron chi connectivity index (χ1n) is 7.13. The van der Waals surface area contributed by atoms with Crippen LogP contribution >= 0.6 is 0 Å². The lowest BCUT2D eigenvalue weighted by atomic mass is 10.0. The molecule has 5 nitrogen and oxygen atoms in total. The van der Waals surface area contributed by atoms with Crippen molar-refractivity contribution >= 4 is 11.5 Å². The Kier molecular flexibility index (Phi) is 4.19. The van der Waals surface area contributed by atoms with Gasteiger partial charge < -0.3 is 19.3 Å². The molecule has 0 fully saturated rings. The van der Waals surface area contributed by atoms with Gasteiger partial charge in [-0.05, 0) is 17.7 Å². The topological polar surface area (TPSA) is 65.0 Å². The molecule has 0 aromatic heterocycles. The number of ether oxygens (including phenoxy) is 3. The van der Waals surface area contributed by atoms with Crippen molar-refractivity contribution in [3.8, 4) is 11.5 Å². The number of carbonyl (C=O) groups is 1. The minimum absolute atomic E-state index is 0.0735. The summed E-state index contributed by atoms with van der Waals surface area (Å²) >= 11 is 0. The number of hydrogen-bond donors (Lipinski definition) is 1. The van der Waals surface area contributed by atoms with Crippen LogP contribution in [0.3, 0.4) is 0 Å². The Bertz CT molecular complexity index is 749. The molecule has 0 saturated heterocycles. The van der Waals surface area contributed by atoms with E-state index in [0.29, 0.717) is 17.1 Å². The molecule has 0 spiro atoms. The Morgan fingerprint density at radius 3 is 2.74 bits per heavy atom. The Hall–Kier alpha value is -2.95. The second-order valence-corrected chi connectivity index (χ2v) is 5.03. The zero-order chi connectivity index (χ0) is 16.2. The molecule has 118 valence electrons. The highest BCUT2D eigenvalue weighted by Gasteiger charge is 2.27. The van der Waals surface area contributed by atoms with Gasteiger partial charge in [-0.25, -0.2) is 4.79 Å². The Morgan fingerprint density at radius 1 is 1.22 bits per heavy atom. The van der Waals surface area contributed by atoms with Crippen molar-refractivity contribution < 1.29 is 24.1 Å². The maximum atomic E-state index is 12.4. The van der Waals surface area contributed by atoms with E-state index in [9.17, 15) is 9.90 Å². The van der Waals surface area contributed by atoms with Gasteiger partial charge in [0.15, 0.2) is 0 Å². The van der Waals surface area contributed by atoms with Crippen LogP contribution in [0.5, 0.6) is 11.5 Å². The zero-order valence-corrected chi connectivity index (χ0v) is 12.6. The molecule has 2 aromatic carbocycles. The minimum atomic E-state index is -0.582. The second-order valence-electron chi connectivity index (χ2n) is 5.03. The SMILES string of the molecule is COc1ccc2c(c1)OCC(O)=C2C(=O)OCc1ccccc1. The average Bonchev–Trinajstić information content (AvgIpc) is 2.60. The Morgan fingerprint density at radius 2 is 2.00 bits per heavy atom. The highest BCUT2D eigenvalue weighted by Crippen LogP contribution is 2.35. The van der Waals surface area contributed by atoms with Gasteiger partial charge in [0, 0.05) is 11.6 Å². The van der Waals surface area contributed by atoms with Gasteiger partial charge in [-0.2, -0.15) is 0 Å². The maximum Gasteiger partial charge on any atom is 0.342 e. The fourth-order valence-electron chi connectivity index (χ4n) is 2.35. The van der Waals surface area contributed by atoms with Gasteiger partial charge in [0.2, 0.25) is 0 Å². The van der Waals surface area contributed by atoms with Crippen LogP contribution in [-0.4, -0.2) is 24.8 Å². The van der Waals surface area contributed by atoms with Crippen molar-refractivity contribution in [2.24, 2.45) is 0 Å². The summed E-state index contributed by atoms with van der Waals surface area (Å²) in [7, 11) is 1.55. The second kappa shape index (κ2) is 6.44. The van der Waals surface area contributed by atoms with Crippen LogP contribution in [0.1, 0.15) is 11.1 Å². The van der Waals surface area contributed by atoms with Gasteiger partial charge >= 0.3 is 5.97 Å². The molecule has 23 heavy (non-hydrogen) atoms. The summed E-state index contributed by atoms with van der Waals surface area (Å²) in [6.45, 7) is 0.0682. The molecule has 1 aliphatic rings. The lowest BCUT2D eigenvalue weighted by Crippen LogP contribution is -2.18. The van der Waals surface area contributed by atoms with E-state index in [1.54, 1.807) is 25.3 Å².